The highest BCUT2D eigenvalue weighted by atomic mass is 35.5. The molecule has 4 heteroatoms. The van der Waals surface area contributed by atoms with E-state index in [1.54, 1.807) is 0 Å². The number of hydrazine groups is 1. The van der Waals surface area contributed by atoms with Crippen molar-refractivity contribution in [1.29, 1.82) is 0 Å². The van der Waals surface area contributed by atoms with E-state index in [2.05, 4.69) is 12.3 Å². The van der Waals surface area contributed by atoms with Gasteiger partial charge in [0.25, 0.3) is 0 Å². The van der Waals surface area contributed by atoms with Crippen LogP contribution in [0.1, 0.15) is 19.8 Å². The molecule has 0 amide bonds. The van der Waals surface area contributed by atoms with Crippen LogP contribution in [-0.2, 0) is 0 Å². The van der Waals surface area contributed by atoms with Crippen molar-refractivity contribution in [2.75, 3.05) is 0 Å². The lowest BCUT2D eigenvalue weighted by atomic mass is 10.4. The molecule has 2 nitrogen and oxygen atoms in total. The standard InChI is InChI=1S/C4H10N2.2ClH/c1-4(6-5)2-3-4;;/h6H,2-3,5H2,1H3;2*1H. The van der Waals surface area contributed by atoms with Gasteiger partial charge in [-0.15, -0.1) is 24.8 Å². The summed E-state index contributed by atoms with van der Waals surface area (Å²) in [6, 6.07) is 0. The van der Waals surface area contributed by atoms with Crippen LogP contribution in [0.4, 0.5) is 0 Å². The normalized spacial score (nSPS) is 20.2. The minimum absolute atomic E-state index is 0. The lowest BCUT2D eigenvalue weighted by molar-refractivity contribution is 0.562. The first-order valence-electron chi connectivity index (χ1n) is 2.25. The molecule has 1 rings (SSSR count). The van der Waals surface area contributed by atoms with Crippen molar-refractivity contribution in [3.8, 4) is 0 Å². The topological polar surface area (TPSA) is 38.0 Å². The molecule has 0 bridgehead atoms. The fraction of sp³-hybridized carbons (Fsp3) is 1.00. The van der Waals surface area contributed by atoms with Crippen LogP contribution >= 0.6 is 24.8 Å². The van der Waals surface area contributed by atoms with Crippen LogP contribution in [0.15, 0.2) is 0 Å². The van der Waals surface area contributed by atoms with Gasteiger partial charge in [0.05, 0.1) is 0 Å². The Kier molecular flexibility index (Phi) is 4.97. The van der Waals surface area contributed by atoms with E-state index in [-0.39, 0.29) is 24.8 Å². The van der Waals surface area contributed by atoms with Crippen molar-refractivity contribution in [2.24, 2.45) is 5.84 Å². The van der Waals surface area contributed by atoms with Gasteiger partial charge in [-0.25, -0.2) is 0 Å². The summed E-state index contributed by atoms with van der Waals surface area (Å²) in [7, 11) is 0. The molecular weight excluding hydrogens is 147 g/mol. The van der Waals surface area contributed by atoms with Crippen LogP contribution in [0.3, 0.4) is 0 Å². The Morgan fingerprint density at radius 1 is 1.38 bits per heavy atom. The Morgan fingerprint density at radius 3 is 1.75 bits per heavy atom. The van der Waals surface area contributed by atoms with E-state index in [4.69, 9.17) is 5.84 Å². The third-order valence-electron chi connectivity index (χ3n) is 1.35. The molecule has 0 aromatic rings. The van der Waals surface area contributed by atoms with Crippen LogP contribution in [0, 0.1) is 0 Å². The second-order valence-corrected chi connectivity index (χ2v) is 2.20. The van der Waals surface area contributed by atoms with Crippen LogP contribution in [0.25, 0.3) is 0 Å². The lowest BCUT2D eigenvalue weighted by Gasteiger charge is -2.00. The minimum Gasteiger partial charge on any atom is -0.271 e. The third kappa shape index (κ3) is 2.72. The zero-order valence-electron chi connectivity index (χ0n) is 4.81. The zero-order chi connectivity index (χ0) is 4.62. The molecule has 0 aliphatic heterocycles. The van der Waals surface area contributed by atoms with Crippen LogP contribution < -0.4 is 11.3 Å². The quantitative estimate of drug-likeness (QED) is 0.439. The number of rotatable bonds is 1. The Labute approximate surface area is 62.0 Å². The van der Waals surface area contributed by atoms with Gasteiger partial charge in [0.1, 0.15) is 0 Å². The summed E-state index contributed by atoms with van der Waals surface area (Å²) in [6.07, 6.45) is 2.48. The fourth-order valence-corrected chi connectivity index (χ4v) is 0.332. The zero-order valence-corrected chi connectivity index (χ0v) is 6.44. The smallest absolute Gasteiger partial charge is 0.0294 e. The molecule has 52 valence electrons. The Balaban J connectivity index is 0. The SMILES string of the molecule is CC1(NN)CC1.Cl.Cl. The van der Waals surface area contributed by atoms with Crippen molar-refractivity contribution < 1.29 is 0 Å². The molecule has 1 aliphatic rings. The van der Waals surface area contributed by atoms with Gasteiger partial charge in [-0.05, 0) is 19.8 Å². The maximum Gasteiger partial charge on any atom is 0.0294 e. The van der Waals surface area contributed by atoms with Crippen LogP contribution in [-0.4, -0.2) is 5.54 Å². The first kappa shape index (κ1) is 11.3. The summed E-state index contributed by atoms with van der Waals surface area (Å²) in [5.41, 5.74) is 3.03. The molecule has 3 N–H and O–H groups in total. The van der Waals surface area contributed by atoms with Crippen molar-refractivity contribution in [2.45, 2.75) is 25.3 Å². The van der Waals surface area contributed by atoms with Gasteiger partial charge in [0.2, 0.25) is 0 Å². The Hall–Kier alpha value is 0.500. The van der Waals surface area contributed by atoms with Crippen molar-refractivity contribution in [3.05, 3.63) is 0 Å². The summed E-state index contributed by atoms with van der Waals surface area (Å²) in [6.45, 7) is 2.12. The van der Waals surface area contributed by atoms with Crippen molar-refractivity contribution >= 4 is 24.8 Å². The highest BCUT2D eigenvalue weighted by Crippen LogP contribution is 2.32. The lowest BCUT2D eigenvalue weighted by Crippen LogP contribution is -2.34. The molecule has 0 radical (unpaired) electrons. The van der Waals surface area contributed by atoms with Gasteiger partial charge < -0.3 is 0 Å². The monoisotopic (exact) mass is 158 g/mol. The maximum atomic E-state index is 5.12. The number of halogens is 2. The summed E-state index contributed by atoms with van der Waals surface area (Å²) in [5.74, 6) is 5.12. The van der Waals surface area contributed by atoms with E-state index in [0.29, 0.717) is 5.54 Å². The van der Waals surface area contributed by atoms with Crippen LogP contribution in [0.5, 0.6) is 0 Å². The van der Waals surface area contributed by atoms with E-state index >= 15 is 0 Å². The van der Waals surface area contributed by atoms with Gasteiger partial charge in [0.15, 0.2) is 0 Å². The molecule has 0 heterocycles. The first-order chi connectivity index (χ1) is 2.77. The molecule has 1 aliphatic carbocycles. The number of hydrogen-bond acceptors (Lipinski definition) is 2. The van der Waals surface area contributed by atoms with E-state index < -0.39 is 0 Å². The molecule has 0 spiro atoms. The fourth-order valence-electron chi connectivity index (χ4n) is 0.332. The Morgan fingerprint density at radius 2 is 1.75 bits per heavy atom. The van der Waals surface area contributed by atoms with Crippen molar-refractivity contribution in [1.82, 2.24) is 5.43 Å². The van der Waals surface area contributed by atoms with Crippen molar-refractivity contribution in [3.63, 3.8) is 0 Å². The van der Waals surface area contributed by atoms with Crippen LogP contribution in [0.2, 0.25) is 0 Å². The van der Waals surface area contributed by atoms with E-state index in [1.165, 1.54) is 12.8 Å². The molecule has 1 fully saturated rings. The van der Waals surface area contributed by atoms with E-state index in [1.807, 2.05) is 0 Å². The molecule has 0 aromatic carbocycles. The average Bonchev–Trinajstić information content (AvgIpc) is 2.22. The molecule has 0 unspecified atom stereocenters. The van der Waals surface area contributed by atoms with Gasteiger partial charge in [-0.3, -0.25) is 11.3 Å². The maximum absolute atomic E-state index is 5.12. The van der Waals surface area contributed by atoms with Gasteiger partial charge >= 0.3 is 0 Å². The highest BCUT2D eigenvalue weighted by molar-refractivity contribution is 5.85. The van der Waals surface area contributed by atoms with E-state index in [9.17, 15) is 0 Å². The molecule has 0 saturated heterocycles. The summed E-state index contributed by atoms with van der Waals surface area (Å²) < 4.78 is 0. The molecule has 1 saturated carbocycles. The van der Waals surface area contributed by atoms with Gasteiger partial charge in [-0.1, -0.05) is 0 Å². The predicted octanol–water partition coefficient (Wildman–Crippen LogP) is 0.846. The highest BCUT2D eigenvalue weighted by Gasteiger charge is 2.35. The Bertz CT molecular complexity index is 63.1. The first-order valence-corrected chi connectivity index (χ1v) is 2.25. The summed E-state index contributed by atoms with van der Waals surface area (Å²) >= 11 is 0. The van der Waals surface area contributed by atoms with Gasteiger partial charge in [0, 0.05) is 5.54 Å². The predicted molar refractivity (Wildman–Crippen MR) is 39.5 cm³/mol. The largest absolute Gasteiger partial charge is 0.271 e. The minimum atomic E-state index is 0. The molecule has 8 heavy (non-hydrogen) atoms. The number of nitrogens with one attached hydrogen (secondary N) is 1. The average molecular weight is 159 g/mol. The summed E-state index contributed by atoms with van der Waals surface area (Å²) in [5, 5.41) is 0. The second-order valence-electron chi connectivity index (χ2n) is 2.20. The van der Waals surface area contributed by atoms with E-state index in [0.717, 1.165) is 0 Å². The second kappa shape index (κ2) is 3.51. The molecule has 0 atom stereocenters. The third-order valence-corrected chi connectivity index (χ3v) is 1.35. The molecule has 0 aromatic heterocycles. The van der Waals surface area contributed by atoms with Gasteiger partial charge in [-0.2, -0.15) is 0 Å². The number of nitrogens with two attached hydrogens (primary N) is 1. The molecular formula is C4H12Cl2N2. The summed E-state index contributed by atoms with van der Waals surface area (Å²) in [4.78, 5) is 0. The number of hydrogen-bond donors (Lipinski definition) is 2.